The van der Waals surface area contributed by atoms with Crippen LogP contribution in [0.5, 0.6) is 0 Å². The van der Waals surface area contributed by atoms with Crippen LogP contribution in [0.15, 0.2) is 42.5 Å². The molecule has 4 rings (SSSR count). The molecule has 1 fully saturated rings. The van der Waals surface area contributed by atoms with Crippen LogP contribution in [0.2, 0.25) is 0 Å². The maximum atomic E-state index is 12.8. The van der Waals surface area contributed by atoms with Crippen LogP contribution in [-0.4, -0.2) is 30.2 Å². The van der Waals surface area contributed by atoms with Crippen molar-refractivity contribution in [1.29, 1.82) is 0 Å². The molecule has 1 aliphatic carbocycles. The number of piperidine rings is 1. The van der Waals surface area contributed by atoms with Crippen LogP contribution in [-0.2, 0) is 17.6 Å². The van der Waals surface area contributed by atoms with Gasteiger partial charge >= 0.3 is 0 Å². The molecule has 142 valence electrons. The lowest BCUT2D eigenvalue weighted by Crippen LogP contribution is -2.38. The molecule has 2 aromatic rings. The van der Waals surface area contributed by atoms with Gasteiger partial charge in [0.2, 0.25) is 5.91 Å². The summed E-state index contributed by atoms with van der Waals surface area (Å²) in [6.07, 6.45) is 3.65. The quantitative estimate of drug-likeness (QED) is 0.731. The zero-order valence-electron chi connectivity index (χ0n) is 15.5. The van der Waals surface area contributed by atoms with Gasteiger partial charge in [-0.05, 0) is 61.1 Å². The van der Waals surface area contributed by atoms with E-state index >= 15 is 0 Å². The van der Waals surface area contributed by atoms with Gasteiger partial charge in [0.05, 0.1) is 6.10 Å². The van der Waals surface area contributed by atoms with Gasteiger partial charge < -0.3 is 21.1 Å². The van der Waals surface area contributed by atoms with Crippen molar-refractivity contribution < 1.29 is 9.90 Å². The summed E-state index contributed by atoms with van der Waals surface area (Å²) < 4.78 is 0. The van der Waals surface area contributed by atoms with Crippen molar-refractivity contribution in [3.63, 3.8) is 0 Å². The number of hydrogen-bond donors (Lipinski definition) is 3. The lowest BCUT2D eigenvalue weighted by Gasteiger charge is -2.33. The number of nitrogens with one attached hydrogen (secondary N) is 1. The van der Waals surface area contributed by atoms with Crippen molar-refractivity contribution >= 4 is 23.0 Å². The second kappa shape index (κ2) is 7.61. The first-order valence-corrected chi connectivity index (χ1v) is 9.80. The molecular weight excluding hydrogens is 338 g/mol. The maximum Gasteiger partial charge on any atom is 0.227 e. The molecule has 0 aromatic heterocycles. The van der Waals surface area contributed by atoms with Gasteiger partial charge in [-0.3, -0.25) is 4.79 Å². The molecule has 2 aromatic carbocycles. The highest BCUT2D eigenvalue weighted by atomic mass is 16.3. The van der Waals surface area contributed by atoms with Crippen LogP contribution in [0.4, 0.5) is 17.1 Å². The van der Waals surface area contributed by atoms with E-state index in [9.17, 15) is 9.90 Å². The molecule has 0 bridgehead atoms. The Balaban J connectivity index is 1.39. The average molecular weight is 365 g/mol. The van der Waals surface area contributed by atoms with Gasteiger partial charge in [0.25, 0.3) is 0 Å². The van der Waals surface area contributed by atoms with Crippen LogP contribution in [0.1, 0.15) is 30.4 Å². The monoisotopic (exact) mass is 365 g/mol. The van der Waals surface area contributed by atoms with Crippen molar-refractivity contribution in [2.75, 3.05) is 29.0 Å². The van der Waals surface area contributed by atoms with E-state index in [1.54, 1.807) is 0 Å². The molecule has 0 saturated carbocycles. The fourth-order valence-corrected chi connectivity index (χ4v) is 4.24. The second-order valence-corrected chi connectivity index (χ2v) is 7.69. The molecule has 1 atom stereocenters. The number of hydrogen-bond acceptors (Lipinski definition) is 4. The first kappa shape index (κ1) is 17.9. The molecule has 0 radical (unpaired) electrons. The smallest absolute Gasteiger partial charge is 0.227 e. The number of amides is 1. The molecular formula is C22H27N3O2. The molecule has 2 aliphatic rings. The fourth-order valence-electron chi connectivity index (χ4n) is 4.24. The minimum absolute atomic E-state index is 0.0201. The predicted octanol–water partition coefficient (Wildman–Crippen LogP) is 2.97. The van der Waals surface area contributed by atoms with Gasteiger partial charge in [-0.25, -0.2) is 0 Å². The van der Waals surface area contributed by atoms with Crippen molar-refractivity contribution in [2.45, 2.75) is 38.2 Å². The standard InChI is InChI=1S/C22H27N3O2/c23-17-4-2-5-18(13-17)25-11-9-16(10-12-25)22(27)24-21-6-1-3-15-7-8-19(26)14-20(15)21/h1-6,13,16,19,26H,7-12,14,23H2,(H,24,27)/t19-/m1/s1. The Bertz CT molecular complexity index is 828. The number of nitrogens with two attached hydrogens (primary N) is 1. The van der Waals surface area contributed by atoms with E-state index in [0.717, 1.165) is 61.4 Å². The number of fused-ring (bicyclic) bond motifs is 1. The zero-order valence-corrected chi connectivity index (χ0v) is 15.5. The minimum Gasteiger partial charge on any atom is -0.399 e. The van der Waals surface area contributed by atoms with Crippen LogP contribution < -0.4 is 16.0 Å². The first-order valence-electron chi connectivity index (χ1n) is 9.80. The predicted molar refractivity (Wildman–Crippen MR) is 109 cm³/mol. The minimum atomic E-state index is -0.308. The number of aliphatic hydroxyl groups excluding tert-OH is 1. The molecule has 5 heteroatoms. The zero-order chi connectivity index (χ0) is 18.8. The Hall–Kier alpha value is -2.53. The van der Waals surface area contributed by atoms with Gasteiger partial charge in [0.1, 0.15) is 0 Å². The third-order valence-electron chi connectivity index (χ3n) is 5.82. The Morgan fingerprint density at radius 1 is 1.11 bits per heavy atom. The largest absolute Gasteiger partial charge is 0.399 e. The molecule has 1 saturated heterocycles. The van der Waals surface area contributed by atoms with Gasteiger partial charge in [0, 0.05) is 42.5 Å². The molecule has 0 unspecified atom stereocenters. The van der Waals surface area contributed by atoms with Gasteiger partial charge in [-0.15, -0.1) is 0 Å². The molecule has 27 heavy (non-hydrogen) atoms. The van der Waals surface area contributed by atoms with Crippen LogP contribution in [0, 0.1) is 5.92 Å². The average Bonchev–Trinajstić information content (AvgIpc) is 2.68. The van der Waals surface area contributed by atoms with E-state index in [2.05, 4.69) is 22.3 Å². The van der Waals surface area contributed by atoms with Crippen LogP contribution in [0.25, 0.3) is 0 Å². The van der Waals surface area contributed by atoms with Crippen molar-refractivity contribution in [2.24, 2.45) is 5.92 Å². The van der Waals surface area contributed by atoms with Gasteiger partial charge in [-0.1, -0.05) is 18.2 Å². The SMILES string of the molecule is Nc1cccc(N2CCC(C(=O)Nc3cccc4c3C[C@H](O)CC4)CC2)c1. The van der Waals surface area contributed by atoms with Crippen molar-refractivity contribution in [1.82, 2.24) is 0 Å². The number of carbonyl (C=O) groups excluding carboxylic acids is 1. The summed E-state index contributed by atoms with van der Waals surface area (Å²) in [5.41, 5.74) is 11.0. The number of carbonyl (C=O) groups is 1. The molecule has 1 amide bonds. The van der Waals surface area contributed by atoms with E-state index in [-0.39, 0.29) is 17.9 Å². The first-order chi connectivity index (χ1) is 13.1. The lowest BCUT2D eigenvalue weighted by atomic mass is 9.88. The normalized spacial score (nSPS) is 20.2. The summed E-state index contributed by atoms with van der Waals surface area (Å²) in [6.45, 7) is 1.71. The Morgan fingerprint density at radius 3 is 2.67 bits per heavy atom. The van der Waals surface area contributed by atoms with E-state index in [0.29, 0.717) is 6.42 Å². The molecule has 4 N–H and O–H groups in total. The van der Waals surface area contributed by atoms with E-state index in [1.165, 1.54) is 5.56 Å². The number of aryl methyl sites for hydroxylation is 1. The summed E-state index contributed by atoms with van der Waals surface area (Å²) in [4.78, 5) is 15.1. The van der Waals surface area contributed by atoms with E-state index < -0.39 is 0 Å². The van der Waals surface area contributed by atoms with Gasteiger partial charge in [0.15, 0.2) is 0 Å². The highest BCUT2D eigenvalue weighted by Gasteiger charge is 2.27. The van der Waals surface area contributed by atoms with E-state index in [4.69, 9.17) is 5.73 Å². The summed E-state index contributed by atoms with van der Waals surface area (Å²) in [7, 11) is 0. The van der Waals surface area contributed by atoms with Crippen molar-refractivity contribution in [3.8, 4) is 0 Å². The van der Waals surface area contributed by atoms with Gasteiger partial charge in [-0.2, -0.15) is 0 Å². The van der Waals surface area contributed by atoms with Crippen molar-refractivity contribution in [3.05, 3.63) is 53.6 Å². The third kappa shape index (κ3) is 3.93. The van der Waals surface area contributed by atoms with Crippen LogP contribution >= 0.6 is 0 Å². The summed E-state index contributed by atoms with van der Waals surface area (Å²) in [5.74, 6) is 0.113. The number of rotatable bonds is 3. The Morgan fingerprint density at radius 2 is 1.89 bits per heavy atom. The third-order valence-corrected chi connectivity index (χ3v) is 5.82. The fraction of sp³-hybridized carbons (Fsp3) is 0.409. The second-order valence-electron chi connectivity index (χ2n) is 7.69. The molecule has 0 spiro atoms. The molecule has 5 nitrogen and oxygen atoms in total. The number of nitrogens with zero attached hydrogens (tertiary/aromatic N) is 1. The number of nitrogen functional groups attached to an aromatic ring is 1. The lowest BCUT2D eigenvalue weighted by molar-refractivity contribution is -0.120. The molecule has 1 heterocycles. The number of aliphatic hydroxyl groups is 1. The highest BCUT2D eigenvalue weighted by Crippen LogP contribution is 2.30. The number of anilines is 3. The Kier molecular flexibility index (Phi) is 5.03. The summed E-state index contributed by atoms with van der Waals surface area (Å²) in [6, 6.07) is 14.0. The number of benzene rings is 2. The van der Waals surface area contributed by atoms with Crippen LogP contribution in [0.3, 0.4) is 0 Å². The topological polar surface area (TPSA) is 78.6 Å². The summed E-state index contributed by atoms with van der Waals surface area (Å²) >= 11 is 0. The molecule has 1 aliphatic heterocycles. The Labute approximate surface area is 160 Å². The summed E-state index contributed by atoms with van der Waals surface area (Å²) in [5, 5.41) is 13.1. The van der Waals surface area contributed by atoms with E-state index in [1.807, 2.05) is 30.3 Å². The highest BCUT2D eigenvalue weighted by molar-refractivity contribution is 5.93. The maximum absolute atomic E-state index is 12.8.